The Balaban J connectivity index is 1.87. The van der Waals surface area contributed by atoms with Crippen molar-refractivity contribution in [2.24, 2.45) is 0 Å². The molecule has 1 heterocycles. The van der Waals surface area contributed by atoms with Crippen molar-refractivity contribution in [3.8, 4) is 0 Å². The Hall–Kier alpha value is -1.79. The number of aliphatic hydroxyl groups excluding tert-OH is 1. The Bertz CT molecular complexity index is 503. The highest BCUT2D eigenvalue weighted by atomic mass is 19.2. The number of nitrogens with zero attached hydrogens (tertiary/aromatic N) is 1. The summed E-state index contributed by atoms with van der Waals surface area (Å²) in [5.74, 6) is -1.27. The highest BCUT2D eigenvalue weighted by Gasteiger charge is 2.10. The Labute approximate surface area is 102 Å². The molecule has 1 unspecified atom stereocenters. The second-order valence-corrected chi connectivity index (χ2v) is 3.80. The number of benzene rings is 1. The maximum absolute atomic E-state index is 13.0. The van der Waals surface area contributed by atoms with Crippen molar-refractivity contribution >= 4 is 0 Å². The van der Waals surface area contributed by atoms with E-state index >= 15 is 0 Å². The topological polar surface area (TPSA) is 58.3 Å². The van der Waals surface area contributed by atoms with Gasteiger partial charge in [-0.15, -0.1) is 0 Å². The van der Waals surface area contributed by atoms with E-state index in [2.05, 4.69) is 10.5 Å². The van der Waals surface area contributed by atoms with Crippen LogP contribution in [0.25, 0.3) is 0 Å². The van der Waals surface area contributed by atoms with E-state index in [1.807, 2.05) is 0 Å². The van der Waals surface area contributed by atoms with Crippen LogP contribution in [0.4, 0.5) is 8.78 Å². The van der Waals surface area contributed by atoms with Gasteiger partial charge < -0.3 is 14.9 Å². The predicted molar refractivity (Wildman–Crippen MR) is 59.5 cm³/mol. The third-order valence-electron chi connectivity index (χ3n) is 2.46. The summed E-state index contributed by atoms with van der Waals surface area (Å²) in [4.78, 5) is 0. The zero-order valence-corrected chi connectivity index (χ0v) is 9.44. The molecule has 96 valence electrons. The van der Waals surface area contributed by atoms with Crippen molar-refractivity contribution in [3.05, 3.63) is 53.4 Å². The van der Waals surface area contributed by atoms with Crippen molar-refractivity contribution in [1.29, 1.82) is 0 Å². The molecule has 6 heteroatoms. The van der Waals surface area contributed by atoms with Gasteiger partial charge in [0.05, 0.1) is 18.8 Å². The minimum atomic E-state index is -0.971. The summed E-state index contributed by atoms with van der Waals surface area (Å²) in [5, 5.41) is 16.2. The fourth-order valence-electron chi connectivity index (χ4n) is 1.50. The molecule has 4 nitrogen and oxygen atoms in total. The smallest absolute Gasteiger partial charge is 0.159 e. The first-order valence-corrected chi connectivity index (χ1v) is 5.40. The SMILES string of the molecule is OC(CNCc1ccno1)c1ccc(F)c(F)c1. The lowest BCUT2D eigenvalue weighted by molar-refractivity contribution is 0.172. The van der Waals surface area contributed by atoms with Crippen LogP contribution in [0.3, 0.4) is 0 Å². The molecule has 2 N–H and O–H groups in total. The van der Waals surface area contributed by atoms with Gasteiger partial charge in [0, 0.05) is 12.6 Å². The molecule has 18 heavy (non-hydrogen) atoms. The monoisotopic (exact) mass is 254 g/mol. The predicted octanol–water partition coefficient (Wildman–Crippen LogP) is 1.78. The summed E-state index contributed by atoms with van der Waals surface area (Å²) in [7, 11) is 0. The van der Waals surface area contributed by atoms with Gasteiger partial charge in [0.2, 0.25) is 0 Å². The highest BCUT2D eigenvalue weighted by molar-refractivity contribution is 5.20. The Kier molecular flexibility index (Phi) is 4.01. The number of aromatic nitrogens is 1. The fourth-order valence-corrected chi connectivity index (χ4v) is 1.50. The molecule has 0 saturated heterocycles. The van der Waals surface area contributed by atoms with E-state index < -0.39 is 17.7 Å². The number of rotatable bonds is 5. The van der Waals surface area contributed by atoms with E-state index in [9.17, 15) is 13.9 Å². The largest absolute Gasteiger partial charge is 0.387 e. The molecule has 0 radical (unpaired) electrons. The van der Waals surface area contributed by atoms with Crippen molar-refractivity contribution in [3.63, 3.8) is 0 Å². The first-order chi connectivity index (χ1) is 8.66. The average molecular weight is 254 g/mol. The van der Waals surface area contributed by atoms with Crippen LogP contribution in [0, 0.1) is 11.6 Å². The molecule has 0 aliphatic heterocycles. The third kappa shape index (κ3) is 3.12. The first-order valence-electron chi connectivity index (χ1n) is 5.40. The Morgan fingerprint density at radius 3 is 2.78 bits per heavy atom. The zero-order valence-electron chi connectivity index (χ0n) is 9.44. The van der Waals surface area contributed by atoms with Gasteiger partial charge in [0.25, 0.3) is 0 Å². The van der Waals surface area contributed by atoms with E-state index in [0.29, 0.717) is 17.9 Å². The molecule has 1 atom stereocenters. The number of hydrogen-bond acceptors (Lipinski definition) is 4. The minimum absolute atomic E-state index is 0.200. The van der Waals surface area contributed by atoms with Crippen LogP contribution < -0.4 is 5.32 Å². The number of nitrogens with one attached hydrogen (secondary N) is 1. The summed E-state index contributed by atoms with van der Waals surface area (Å²) in [6, 6.07) is 5.01. The van der Waals surface area contributed by atoms with Gasteiger partial charge in [-0.2, -0.15) is 0 Å². The fraction of sp³-hybridized carbons (Fsp3) is 0.250. The van der Waals surface area contributed by atoms with E-state index in [-0.39, 0.29) is 6.54 Å². The molecular weight excluding hydrogens is 242 g/mol. The van der Waals surface area contributed by atoms with Crippen LogP contribution in [0.15, 0.2) is 35.0 Å². The summed E-state index contributed by atoms with van der Waals surface area (Å²) in [6.45, 7) is 0.604. The van der Waals surface area contributed by atoms with Gasteiger partial charge in [-0.05, 0) is 17.7 Å². The molecule has 1 aromatic carbocycles. The minimum Gasteiger partial charge on any atom is -0.387 e. The summed E-state index contributed by atoms with van der Waals surface area (Å²) >= 11 is 0. The zero-order chi connectivity index (χ0) is 13.0. The second-order valence-electron chi connectivity index (χ2n) is 3.80. The quantitative estimate of drug-likeness (QED) is 0.853. The highest BCUT2D eigenvalue weighted by Crippen LogP contribution is 2.15. The molecule has 0 amide bonds. The summed E-state index contributed by atoms with van der Waals surface area (Å²) in [5.41, 5.74) is 0.318. The maximum Gasteiger partial charge on any atom is 0.159 e. The molecule has 0 aliphatic rings. The summed E-state index contributed by atoms with van der Waals surface area (Å²) < 4.78 is 30.5. The molecule has 0 bridgehead atoms. The molecule has 1 aromatic heterocycles. The van der Waals surface area contributed by atoms with Crippen molar-refractivity contribution < 1.29 is 18.4 Å². The number of halogens is 2. The van der Waals surface area contributed by atoms with Crippen LogP contribution in [-0.4, -0.2) is 16.8 Å². The van der Waals surface area contributed by atoms with Gasteiger partial charge in [0.1, 0.15) is 5.76 Å². The summed E-state index contributed by atoms with van der Waals surface area (Å²) in [6.07, 6.45) is 0.603. The van der Waals surface area contributed by atoms with Crippen LogP contribution in [0.1, 0.15) is 17.4 Å². The molecule has 2 aromatic rings. The van der Waals surface area contributed by atoms with E-state index in [4.69, 9.17) is 4.52 Å². The van der Waals surface area contributed by atoms with Gasteiger partial charge in [0.15, 0.2) is 11.6 Å². The molecule has 0 aliphatic carbocycles. The van der Waals surface area contributed by atoms with Crippen LogP contribution in [-0.2, 0) is 6.54 Å². The van der Waals surface area contributed by atoms with Gasteiger partial charge in [-0.1, -0.05) is 11.2 Å². The molecular formula is C12H12F2N2O2. The van der Waals surface area contributed by atoms with Crippen LogP contribution >= 0.6 is 0 Å². The molecule has 2 rings (SSSR count). The number of aliphatic hydroxyl groups is 1. The van der Waals surface area contributed by atoms with Gasteiger partial charge >= 0.3 is 0 Å². The Morgan fingerprint density at radius 2 is 2.11 bits per heavy atom. The standard InChI is InChI=1S/C12H12F2N2O2/c13-10-2-1-8(5-11(10)14)12(17)7-15-6-9-3-4-16-18-9/h1-5,12,15,17H,6-7H2. The lowest BCUT2D eigenvalue weighted by atomic mass is 10.1. The van der Waals surface area contributed by atoms with E-state index in [0.717, 1.165) is 12.1 Å². The van der Waals surface area contributed by atoms with Crippen molar-refractivity contribution in [2.75, 3.05) is 6.54 Å². The van der Waals surface area contributed by atoms with Gasteiger partial charge in [-0.25, -0.2) is 8.78 Å². The Morgan fingerprint density at radius 1 is 1.28 bits per heavy atom. The van der Waals surface area contributed by atoms with Crippen molar-refractivity contribution in [1.82, 2.24) is 10.5 Å². The van der Waals surface area contributed by atoms with Crippen LogP contribution in [0.5, 0.6) is 0 Å². The normalized spacial score (nSPS) is 12.6. The molecule has 0 fully saturated rings. The lowest BCUT2D eigenvalue weighted by Crippen LogP contribution is -2.21. The first kappa shape index (κ1) is 12.7. The lowest BCUT2D eigenvalue weighted by Gasteiger charge is -2.11. The third-order valence-corrected chi connectivity index (χ3v) is 2.46. The van der Waals surface area contributed by atoms with Gasteiger partial charge in [-0.3, -0.25) is 0 Å². The number of hydrogen-bond donors (Lipinski definition) is 2. The second kappa shape index (κ2) is 5.70. The van der Waals surface area contributed by atoms with E-state index in [1.54, 1.807) is 6.07 Å². The molecule has 0 spiro atoms. The maximum atomic E-state index is 13.0. The van der Waals surface area contributed by atoms with Crippen LogP contribution in [0.2, 0.25) is 0 Å². The average Bonchev–Trinajstić information content (AvgIpc) is 2.85. The van der Waals surface area contributed by atoms with Crippen molar-refractivity contribution in [2.45, 2.75) is 12.6 Å². The van der Waals surface area contributed by atoms with E-state index in [1.165, 1.54) is 12.3 Å². The molecule has 0 saturated carbocycles.